The number of likely N-dealkylation sites (tertiary alicyclic amines) is 1. The van der Waals surface area contributed by atoms with Crippen LogP contribution in [0.4, 0.5) is 0 Å². The van der Waals surface area contributed by atoms with Crippen molar-refractivity contribution in [1.29, 1.82) is 0 Å². The quantitative estimate of drug-likeness (QED) is 0.842. The number of amides is 2. The van der Waals surface area contributed by atoms with Gasteiger partial charge in [-0.3, -0.25) is 9.59 Å². The smallest absolute Gasteiger partial charge is 0.225 e. The van der Waals surface area contributed by atoms with Crippen LogP contribution in [0.1, 0.15) is 30.9 Å². The number of hydrogen-bond donors (Lipinski definition) is 2. The molecule has 3 N–H and O–H groups in total. The third-order valence-corrected chi connectivity index (χ3v) is 5.00. The number of carbonyl (C=O) groups is 2. The summed E-state index contributed by atoms with van der Waals surface area (Å²) in [5.41, 5.74) is 8.67. The van der Waals surface area contributed by atoms with Gasteiger partial charge in [0, 0.05) is 32.1 Å². The molecule has 5 nitrogen and oxygen atoms in total. The monoisotopic (exact) mass is 351 g/mol. The number of nitrogens with one attached hydrogen (secondary N) is 1. The molecule has 0 spiro atoms. The highest BCUT2D eigenvalue weighted by Gasteiger charge is 2.30. The van der Waals surface area contributed by atoms with Crippen molar-refractivity contribution in [3.8, 4) is 0 Å². The van der Waals surface area contributed by atoms with Crippen LogP contribution < -0.4 is 11.1 Å². The summed E-state index contributed by atoms with van der Waals surface area (Å²) < 4.78 is 0. The van der Waals surface area contributed by atoms with E-state index < -0.39 is 0 Å². The van der Waals surface area contributed by atoms with E-state index in [4.69, 9.17) is 5.73 Å². The minimum absolute atomic E-state index is 0. The van der Waals surface area contributed by atoms with E-state index in [1.165, 1.54) is 11.1 Å². The van der Waals surface area contributed by atoms with Gasteiger partial charge >= 0.3 is 0 Å². The predicted octanol–water partition coefficient (Wildman–Crippen LogP) is 1.28. The minimum atomic E-state index is -0.156. The summed E-state index contributed by atoms with van der Waals surface area (Å²) in [7, 11) is 0. The van der Waals surface area contributed by atoms with Crippen LogP contribution in [0.3, 0.4) is 0 Å². The molecule has 1 fully saturated rings. The molecule has 1 heterocycles. The maximum absolute atomic E-state index is 12.6. The van der Waals surface area contributed by atoms with E-state index in [9.17, 15) is 9.59 Å². The van der Waals surface area contributed by atoms with Gasteiger partial charge < -0.3 is 16.0 Å². The zero-order valence-corrected chi connectivity index (χ0v) is 14.8. The normalized spacial score (nSPS) is 23.8. The summed E-state index contributed by atoms with van der Waals surface area (Å²) >= 11 is 0. The fraction of sp³-hybridized carbons (Fsp3) is 0.556. The van der Waals surface area contributed by atoms with Gasteiger partial charge in [-0.15, -0.1) is 12.4 Å². The highest BCUT2D eigenvalue weighted by atomic mass is 35.5. The molecule has 3 rings (SSSR count). The Morgan fingerprint density at radius 1 is 1.12 bits per heavy atom. The Morgan fingerprint density at radius 3 is 2.33 bits per heavy atom. The second-order valence-corrected chi connectivity index (χ2v) is 6.84. The minimum Gasteiger partial charge on any atom is -0.352 e. The highest BCUT2D eigenvalue weighted by molar-refractivity contribution is 5.85. The molecule has 0 radical (unpaired) electrons. The second kappa shape index (κ2) is 7.99. The van der Waals surface area contributed by atoms with Crippen molar-refractivity contribution in [1.82, 2.24) is 10.2 Å². The second-order valence-electron chi connectivity index (χ2n) is 6.84. The lowest BCUT2D eigenvalue weighted by molar-refractivity contribution is -0.131. The summed E-state index contributed by atoms with van der Waals surface area (Å²) in [5, 5.41) is 3.18. The van der Waals surface area contributed by atoms with Crippen molar-refractivity contribution in [2.45, 2.75) is 44.7 Å². The van der Waals surface area contributed by atoms with Crippen LogP contribution in [0, 0.1) is 5.92 Å². The third-order valence-electron chi connectivity index (χ3n) is 5.00. The first-order valence-corrected chi connectivity index (χ1v) is 8.41. The number of benzene rings is 1. The number of halogens is 1. The molecule has 1 aliphatic carbocycles. The van der Waals surface area contributed by atoms with Crippen LogP contribution in [0.5, 0.6) is 0 Å². The molecule has 132 valence electrons. The number of nitrogens with two attached hydrogens (primary N) is 1. The first-order valence-electron chi connectivity index (χ1n) is 8.41. The number of carbonyl (C=O) groups excluding carboxylic acids is 2. The zero-order chi connectivity index (χ0) is 16.4. The van der Waals surface area contributed by atoms with Crippen LogP contribution in [-0.2, 0) is 22.4 Å². The lowest BCUT2D eigenvalue weighted by Crippen LogP contribution is -2.44. The predicted molar refractivity (Wildman–Crippen MR) is 96.0 cm³/mol. The Morgan fingerprint density at radius 2 is 1.75 bits per heavy atom. The molecule has 0 aromatic heterocycles. The molecule has 24 heavy (non-hydrogen) atoms. The summed E-state index contributed by atoms with van der Waals surface area (Å²) in [6.07, 6.45) is 3.32. The number of hydrogen-bond acceptors (Lipinski definition) is 3. The van der Waals surface area contributed by atoms with Gasteiger partial charge in [-0.25, -0.2) is 0 Å². The Hall–Kier alpha value is -1.59. The average molecular weight is 352 g/mol. The number of nitrogens with zero attached hydrogens (tertiary/aromatic N) is 1. The molecule has 0 saturated carbocycles. The Labute approximate surface area is 149 Å². The van der Waals surface area contributed by atoms with Gasteiger partial charge in [0.15, 0.2) is 0 Å². The van der Waals surface area contributed by atoms with Gasteiger partial charge in [-0.05, 0) is 36.8 Å². The van der Waals surface area contributed by atoms with Crippen LogP contribution in [-0.4, -0.2) is 41.9 Å². The van der Waals surface area contributed by atoms with Crippen LogP contribution in [0.25, 0.3) is 0 Å². The van der Waals surface area contributed by atoms with Crippen molar-refractivity contribution < 1.29 is 9.59 Å². The van der Waals surface area contributed by atoms with Crippen molar-refractivity contribution in [3.05, 3.63) is 35.4 Å². The van der Waals surface area contributed by atoms with Gasteiger partial charge in [0.25, 0.3) is 0 Å². The molecule has 1 aromatic rings. The van der Waals surface area contributed by atoms with E-state index in [0.29, 0.717) is 13.1 Å². The molecule has 0 unspecified atom stereocenters. The van der Waals surface area contributed by atoms with Crippen LogP contribution in [0.15, 0.2) is 24.3 Å². The van der Waals surface area contributed by atoms with Crippen LogP contribution >= 0.6 is 12.4 Å². The first kappa shape index (κ1) is 18.7. The van der Waals surface area contributed by atoms with Gasteiger partial charge in [0.1, 0.15) is 0 Å². The molecule has 2 aliphatic rings. The first-order chi connectivity index (χ1) is 11.0. The van der Waals surface area contributed by atoms with Crippen molar-refractivity contribution in [2.24, 2.45) is 11.7 Å². The van der Waals surface area contributed by atoms with E-state index in [1.807, 2.05) is 12.1 Å². The molecular weight excluding hydrogens is 326 g/mol. The standard InChI is InChI=1S/C18H25N3O2.ClH/c1-12(22)21-10-15(6-7-16(19)11-21)18(23)20-17-8-13-4-2-3-5-14(13)9-17;/h2-5,15-17H,6-11,19H2,1H3,(H,20,23);1H/t15-,16+;/m1./s1. The maximum Gasteiger partial charge on any atom is 0.225 e. The van der Waals surface area contributed by atoms with E-state index >= 15 is 0 Å². The summed E-state index contributed by atoms with van der Waals surface area (Å²) in [4.78, 5) is 26.1. The fourth-order valence-corrected chi connectivity index (χ4v) is 3.67. The largest absolute Gasteiger partial charge is 0.352 e. The molecule has 6 heteroatoms. The summed E-state index contributed by atoms with van der Waals surface area (Å²) in [6, 6.07) is 8.48. The lowest BCUT2D eigenvalue weighted by atomic mass is 10.0. The fourth-order valence-electron chi connectivity index (χ4n) is 3.67. The van der Waals surface area contributed by atoms with Gasteiger partial charge in [-0.2, -0.15) is 0 Å². The molecular formula is C18H26ClN3O2. The maximum atomic E-state index is 12.6. The Balaban J connectivity index is 0.00000208. The zero-order valence-electron chi connectivity index (χ0n) is 14.0. The van der Waals surface area contributed by atoms with Gasteiger partial charge in [-0.1, -0.05) is 24.3 Å². The van der Waals surface area contributed by atoms with E-state index in [2.05, 4.69) is 17.4 Å². The Bertz CT molecular complexity index is 583. The van der Waals surface area contributed by atoms with Crippen LogP contribution in [0.2, 0.25) is 0 Å². The van der Waals surface area contributed by atoms with E-state index in [1.54, 1.807) is 11.8 Å². The Kier molecular flexibility index (Phi) is 6.24. The summed E-state index contributed by atoms with van der Waals surface area (Å²) in [5.74, 6) is -0.104. The highest BCUT2D eigenvalue weighted by Crippen LogP contribution is 2.23. The van der Waals surface area contributed by atoms with Gasteiger partial charge in [0.2, 0.25) is 11.8 Å². The van der Waals surface area contributed by atoms with Gasteiger partial charge in [0.05, 0.1) is 5.92 Å². The SMILES string of the molecule is CC(=O)N1C[C@@H](N)CC[C@@H](C(=O)NC2Cc3ccccc3C2)C1.Cl. The third kappa shape index (κ3) is 4.28. The van der Waals surface area contributed by atoms with E-state index in [-0.39, 0.29) is 42.2 Å². The van der Waals surface area contributed by atoms with Crippen molar-refractivity contribution >= 4 is 24.2 Å². The van der Waals surface area contributed by atoms with Crippen molar-refractivity contribution in [3.63, 3.8) is 0 Å². The van der Waals surface area contributed by atoms with E-state index in [0.717, 1.165) is 25.7 Å². The topological polar surface area (TPSA) is 75.4 Å². The van der Waals surface area contributed by atoms with Crippen molar-refractivity contribution in [2.75, 3.05) is 13.1 Å². The molecule has 1 saturated heterocycles. The average Bonchev–Trinajstić information content (AvgIpc) is 2.80. The molecule has 1 aliphatic heterocycles. The molecule has 2 atom stereocenters. The molecule has 2 amide bonds. The number of rotatable bonds is 2. The molecule has 1 aromatic carbocycles. The number of fused-ring (bicyclic) bond motifs is 1. The molecule has 0 bridgehead atoms. The lowest BCUT2D eigenvalue weighted by Gasteiger charge is -2.24. The summed E-state index contributed by atoms with van der Waals surface area (Å²) in [6.45, 7) is 2.57.